The third-order valence-electron chi connectivity index (χ3n) is 6.46. The number of rotatable bonds is 5. The minimum Gasteiger partial charge on any atom is -0.395 e. The first-order valence-corrected chi connectivity index (χ1v) is 11.2. The number of aliphatic hydroxyl groups excluding tert-OH is 1. The van der Waals surface area contributed by atoms with Crippen molar-refractivity contribution in [1.29, 1.82) is 0 Å². The molecule has 2 aliphatic rings. The molecule has 1 saturated heterocycles. The Hall–Kier alpha value is -1.80. The summed E-state index contributed by atoms with van der Waals surface area (Å²) >= 11 is 6.46. The van der Waals surface area contributed by atoms with E-state index in [1.165, 1.54) is 5.56 Å². The van der Waals surface area contributed by atoms with E-state index in [1.807, 2.05) is 13.0 Å². The highest BCUT2D eigenvalue weighted by molar-refractivity contribution is 6.33. The van der Waals surface area contributed by atoms with Gasteiger partial charge in [-0.25, -0.2) is 0 Å². The molecule has 0 aliphatic carbocycles. The summed E-state index contributed by atoms with van der Waals surface area (Å²) in [5.74, 6) is -0.0633. The Morgan fingerprint density at radius 2 is 1.79 bits per heavy atom. The fourth-order valence-corrected chi connectivity index (χ4v) is 4.97. The zero-order chi connectivity index (χ0) is 21.5. The summed E-state index contributed by atoms with van der Waals surface area (Å²) in [6.07, 6.45) is 0. The van der Waals surface area contributed by atoms with Crippen LogP contribution in [0.3, 0.4) is 0 Å². The number of halogens is 3. The van der Waals surface area contributed by atoms with Crippen molar-refractivity contribution in [3.05, 3.63) is 57.6 Å². The van der Waals surface area contributed by atoms with E-state index in [2.05, 4.69) is 44.4 Å². The third kappa shape index (κ3) is 5.02. The van der Waals surface area contributed by atoms with Gasteiger partial charge in [0.2, 0.25) is 0 Å². The molecule has 33 heavy (non-hydrogen) atoms. The topological polar surface area (TPSA) is 71.6 Å². The maximum absolute atomic E-state index is 12.5. The van der Waals surface area contributed by atoms with Crippen LogP contribution in [0, 0.1) is 6.92 Å². The lowest BCUT2D eigenvalue weighted by molar-refractivity contribution is 0.0966. The highest BCUT2D eigenvalue weighted by Gasteiger charge is 2.27. The maximum atomic E-state index is 12.5. The number of fused-ring (bicyclic) bond motifs is 2. The van der Waals surface area contributed by atoms with Gasteiger partial charge in [-0.1, -0.05) is 17.7 Å². The molecule has 178 valence electrons. The molecule has 1 fully saturated rings. The number of hydrogen-bond donors (Lipinski definition) is 3. The van der Waals surface area contributed by atoms with Gasteiger partial charge in [-0.3, -0.25) is 14.6 Å². The van der Waals surface area contributed by atoms with Crippen molar-refractivity contribution < 1.29 is 9.90 Å². The number of β-amino-alcohol motifs (C(OH)–C–C–N with tert-alkyl or cyclic N) is 1. The molecule has 3 N–H and O–H groups in total. The van der Waals surface area contributed by atoms with E-state index in [4.69, 9.17) is 16.7 Å². The molecular weight excluding hydrogens is 483 g/mol. The SMILES string of the molecule is Cc1cc(-c2cc3cc(CN4CCN(CCO)CC4)ccc3[nH]2)c2c(c1Cl)CNC2=O.Cl.Cl. The van der Waals surface area contributed by atoms with Crippen LogP contribution in [0.15, 0.2) is 30.3 Å². The maximum Gasteiger partial charge on any atom is 0.252 e. The standard InChI is InChI=1S/C24H27ClN4O2.2ClH/c1-15-10-18(22-19(23(15)25)13-26-24(22)31)21-12-17-11-16(2-3-20(17)27-21)14-29-6-4-28(5-7-29)8-9-30;;/h2-3,10-12,27,30H,4-9,13-14H2,1H3,(H,26,31);2*1H. The Morgan fingerprint density at radius 1 is 1.06 bits per heavy atom. The number of aromatic amines is 1. The Bertz CT molecular complexity index is 1160. The van der Waals surface area contributed by atoms with Crippen LogP contribution in [0.2, 0.25) is 5.02 Å². The van der Waals surface area contributed by atoms with Crippen LogP contribution in [-0.4, -0.2) is 65.1 Å². The van der Waals surface area contributed by atoms with Gasteiger partial charge in [-0.2, -0.15) is 0 Å². The van der Waals surface area contributed by atoms with Crippen LogP contribution in [0.25, 0.3) is 22.2 Å². The second-order valence-electron chi connectivity index (χ2n) is 8.54. The third-order valence-corrected chi connectivity index (χ3v) is 6.98. The van der Waals surface area contributed by atoms with E-state index in [-0.39, 0.29) is 37.3 Å². The highest BCUT2D eigenvalue weighted by atomic mass is 35.5. The van der Waals surface area contributed by atoms with Gasteiger partial charge >= 0.3 is 0 Å². The Labute approximate surface area is 211 Å². The molecule has 2 aromatic carbocycles. The molecular formula is C24H29Cl3N4O2. The van der Waals surface area contributed by atoms with Gasteiger partial charge in [0.05, 0.1) is 12.2 Å². The molecule has 0 atom stereocenters. The number of piperazine rings is 1. The number of amides is 1. The average Bonchev–Trinajstić information content (AvgIpc) is 3.36. The van der Waals surface area contributed by atoms with E-state index < -0.39 is 0 Å². The number of aromatic nitrogens is 1. The molecule has 0 bridgehead atoms. The fraction of sp³-hybridized carbons (Fsp3) is 0.375. The number of aliphatic hydroxyl groups is 1. The van der Waals surface area contributed by atoms with Crippen molar-refractivity contribution in [2.75, 3.05) is 39.3 Å². The number of nitrogens with zero attached hydrogens (tertiary/aromatic N) is 2. The number of nitrogens with one attached hydrogen (secondary N) is 2. The van der Waals surface area contributed by atoms with Crippen LogP contribution < -0.4 is 5.32 Å². The van der Waals surface area contributed by atoms with Gasteiger partial charge in [0.1, 0.15) is 0 Å². The lowest BCUT2D eigenvalue weighted by Gasteiger charge is -2.34. The first-order chi connectivity index (χ1) is 15.0. The normalized spacial score (nSPS) is 16.3. The Kier molecular flexibility index (Phi) is 8.32. The lowest BCUT2D eigenvalue weighted by atomic mass is 9.97. The van der Waals surface area contributed by atoms with Gasteiger partial charge < -0.3 is 15.4 Å². The van der Waals surface area contributed by atoms with Crippen LogP contribution in [0.4, 0.5) is 0 Å². The smallest absolute Gasteiger partial charge is 0.252 e. The zero-order valence-electron chi connectivity index (χ0n) is 18.5. The van der Waals surface area contributed by atoms with Gasteiger partial charge in [-0.15, -0.1) is 24.8 Å². The Balaban J connectivity index is 0.00000153. The Morgan fingerprint density at radius 3 is 2.52 bits per heavy atom. The molecule has 1 amide bonds. The predicted molar refractivity (Wildman–Crippen MR) is 138 cm³/mol. The van der Waals surface area contributed by atoms with Gasteiger partial charge in [-0.05, 0) is 42.3 Å². The molecule has 1 aromatic heterocycles. The number of aryl methyl sites for hydroxylation is 1. The van der Waals surface area contributed by atoms with Gasteiger partial charge in [0.15, 0.2) is 0 Å². The number of carbonyl (C=O) groups excluding carboxylic acids is 1. The second-order valence-corrected chi connectivity index (χ2v) is 8.92. The van der Waals surface area contributed by atoms with Crippen molar-refractivity contribution in [3.63, 3.8) is 0 Å². The minimum atomic E-state index is -0.0633. The quantitative estimate of drug-likeness (QED) is 0.484. The van der Waals surface area contributed by atoms with Crippen molar-refractivity contribution in [2.24, 2.45) is 0 Å². The van der Waals surface area contributed by atoms with Crippen LogP contribution in [0.5, 0.6) is 0 Å². The number of H-pyrrole nitrogens is 1. The highest BCUT2D eigenvalue weighted by Crippen LogP contribution is 2.37. The number of carbonyl (C=O) groups is 1. The second kappa shape index (κ2) is 10.6. The minimum absolute atomic E-state index is 0. The first kappa shape index (κ1) is 25.8. The van der Waals surface area contributed by atoms with E-state index in [0.29, 0.717) is 17.1 Å². The van der Waals surface area contributed by atoms with E-state index in [1.54, 1.807) is 0 Å². The average molecular weight is 512 g/mol. The summed E-state index contributed by atoms with van der Waals surface area (Å²) in [5, 5.41) is 13.8. The van der Waals surface area contributed by atoms with Crippen molar-refractivity contribution >= 4 is 53.2 Å². The largest absolute Gasteiger partial charge is 0.395 e. The summed E-state index contributed by atoms with van der Waals surface area (Å²) in [5.41, 5.74) is 6.74. The molecule has 6 nitrogen and oxygen atoms in total. The number of benzene rings is 2. The molecule has 9 heteroatoms. The van der Waals surface area contributed by atoms with Crippen molar-refractivity contribution in [2.45, 2.75) is 20.0 Å². The summed E-state index contributed by atoms with van der Waals surface area (Å²) in [6.45, 7) is 8.40. The molecule has 0 radical (unpaired) electrons. The van der Waals surface area contributed by atoms with Crippen molar-refractivity contribution in [3.8, 4) is 11.3 Å². The number of hydrogen-bond acceptors (Lipinski definition) is 4. The summed E-state index contributed by atoms with van der Waals surface area (Å²) in [7, 11) is 0. The molecule has 2 aliphatic heterocycles. The molecule has 0 unspecified atom stereocenters. The molecule has 3 heterocycles. The summed E-state index contributed by atoms with van der Waals surface area (Å²) in [4.78, 5) is 20.7. The van der Waals surface area contributed by atoms with Gasteiger partial charge in [0.25, 0.3) is 5.91 Å². The molecule has 3 aromatic rings. The van der Waals surface area contributed by atoms with Crippen molar-refractivity contribution in [1.82, 2.24) is 20.1 Å². The molecule has 0 saturated carbocycles. The summed E-state index contributed by atoms with van der Waals surface area (Å²) < 4.78 is 0. The van der Waals surface area contributed by atoms with E-state index in [0.717, 1.165) is 72.6 Å². The van der Waals surface area contributed by atoms with Crippen LogP contribution >= 0.6 is 36.4 Å². The lowest BCUT2D eigenvalue weighted by Crippen LogP contribution is -2.46. The van der Waals surface area contributed by atoms with E-state index in [9.17, 15) is 4.79 Å². The first-order valence-electron chi connectivity index (χ1n) is 10.8. The monoisotopic (exact) mass is 510 g/mol. The van der Waals surface area contributed by atoms with Crippen LogP contribution in [-0.2, 0) is 13.1 Å². The summed E-state index contributed by atoms with van der Waals surface area (Å²) in [6, 6.07) is 10.7. The molecule has 5 rings (SSSR count). The van der Waals surface area contributed by atoms with E-state index >= 15 is 0 Å². The predicted octanol–water partition coefficient (Wildman–Crippen LogP) is 3.99. The zero-order valence-corrected chi connectivity index (χ0v) is 20.9. The molecule has 0 spiro atoms. The van der Waals surface area contributed by atoms with Crippen LogP contribution in [0.1, 0.15) is 27.0 Å². The van der Waals surface area contributed by atoms with Gasteiger partial charge in [0, 0.05) is 78.6 Å². The fourth-order valence-electron chi connectivity index (χ4n) is 4.75.